The molecule has 1 unspecified atom stereocenters. The Morgan fingerprint density at radius 1 is 1.40 bits per heavy atom. The molecule has 0 bridgehead atoms. The molecule has 1 aliphatic rings. The first-order chi connectivity index (χ1) is 9.06. The Balaban J connectivity index is 2.78. The van der Waals surface area contributed by atoms with Gasteiger partial charge in [-0.15, -0.1) is 0 Å². The van der Waals surface area contributed by atoms with Crippen LogP contribution in [0.3, 0.4) is 0 Å². The third-order valence-electron chi connectivity index (χ3n) is 4.43. The molecule has 4 heteroatoms. The van der Waals surface area contributed by atoms with Crippen molar-refractivity contribution in [2.45, 2.75) is 64.3 Å². The molecule has 3 nitrogen and oxygen atoms in total. The molecule has 1 rings (SSSR count). The summed E-state index contributed by atoms with van der Waals surface area (Å²) in [6, 6.07) is 0. The van der Waals surface area contributed by atoms with E-state index < -0.39 is 8.32 Å². The zero-order valence-electron chi connectivity index (χ0n) is 13.7. The maximum Gasteiger partial charge on any atom is 0.330 e. The minimum absolute atomic E-state index is 0.192. The lowest BCUT2D eigenvalue weighted by molar-refractivity contribution is -0.134. The highest BCUT2D eigenvalue weighted by Gasteiger charge is 2.39. The van der Waals surface area contributed by atoms with Crippen LogP contribution in [-0.2, 0) is 14.0 Å². The fourth-order valence-corrected chi connectivity index (χ4v) is 3.43. The Labute approximate surface area is 124 Å². The first-order valence-corrected chi connectivity index (χ1v) is 10.1. The van der Waals surface area contributed by atoms with Crippen LogP contribution in [0.2, 0.25) is 18.1 Å². The summed E-state index contributed by atoms with van der Waals surface area (Å²) in [7, 11) is -0.368. The van der Waals surface area contributed by atoms with Crippen LogP contribution in [0.15, 0.2) is 23.8 Å². The Morgan fingerprint density at radius 3 is 2.50 bits per heavy atom. The summed E-state index contributed by atoms with van der Waals surface area (Å²) in [6.45, 7) is 15.3. The van der Waals surface area contributed by atoms with Crippen LogP contribution in [-0.4, -0.2) is 27.5 Å². The maximum atomic E-state index is 11.4. The number of hydrogen-bond donors (Lipinski definition) is 0. The molecule has 0 radical (unpaired) electrons. The van der Waals surface area contributed by atoms with Gasteiger partial charge in [0.25, 0.3) is 0 Å². The van der Waals surface area contributed by atoms with Gasteiger partial charge in [0.15, 0.2) is 8.32 Å². The summed E-state index contributed by atoms with van der Waals surface area (Å²) in [6.07, 6.45) is 4.40. The van der Waals surface area contributed by atoms with E-state index >= 15 is 0 Å². The highest BCUT2D eigenvalue weighted by molar-refractivity contribution is 6.74. The molecule has 1 fully saturated rings. The van der Waals surface area contributed by atoms with Gasteiger partial charge in [-0.1, -0.05) is 32.9 Å². The topological polar surface area (TPSA) is 35.5 Å². The van der Waals surface area contributed by atoms with Gasteiger partial charge in [-0.05, 0) is 43.0 Å². The first-order valence-electron chi connectivity index (χ1n) is 7.21. The molecule has 1 saturated carbocycles. The lowest BCUT2D eigenvalue weighted by Crippen LogP contribution is -2.44. The minimum atomic E-state index is -1.77. The van der Waals surface area contributed by atoms with Gasteiger partial charge in [0.05, 0.1) is 7.11 Å². The van der Waals surface area contributed by atoms with Gasteiger partial charge in [0.1, 0.15) is 0 Å². The number of hydrogen-bond acceptors (Lipinski definition) is 3. The van der Waals surface area contributed by atoms with Gasteiger partial charge < -0.3 is 9.16 Å². The molecule has 0 amide bonds. The van der Waals surface area contributed by atoms with Crippen LogP contribution >= 0.6 is 0 Å². The molecular formula is C16H28O3Si. The van der Waals surface area contributed by atoms with Crippen LogP contribution < -0.4 is 0 Å². The molecule has 0 aliphatic heterocycles. The molecule has 114 valence electrons. The van der Waals surface area contributed by atoms with E-state index in [1.165, 1.54) is 7.11 Å². The van der Waals surface area contributed by atoms with E-state index in [4.69, 9.17) is 9.16 Å². The summed E-state index contributed by atoms with van der Waals surface area (Å²) in [5, 5.41) is 0.202. The van der Waals surface area contributed by atoms with Crippen molar-refractivity contribution in [3.63, 3.8) is 0 Å². The maximum absolute atomic E-state index is 11.4. The summed E-state index contributed by atoms with van der Waals surface area (Å²) >= 11 is 0. The van der Waals surface area contributed by atoms with Crippen molar-refractivity contribution in [3.05, 3.63) is 23.8 Å². The Kier molecular flexibility index (Phi) is 5.38. The molecule has 0 aromatic heterocycles. The molecule has 0 aromatic carbocycles. The van der Waals surface area contributed by atoms with Crippen molar-refractivity contribution in [3.8, 4) is 0 Å². The summed E-state index contributed by atoms with van der Waals surface area (Å²) in [5.74, 6) is -0.311. The van der Waals surface area contributed by atoms with Crippen molar-refractivity contribution >= 4 is 14.3 Å². The Bertz CT molecular complexity index is 416. The third kappa shape index (κ3) is 4.32. The number of carbonyl (C=O) groups excluding carboxylic acids is 1. The van der Waals surface area contributed by atoms with Crippen molar-refractivity contribution < 1.29 is 14.0 Å². The number of methoxy groups -OCH3 is 1. The minimum Gasteiger partial charge on any atom is -0.466 e. The zero-order valence-corrected chi connectivity index (χ0v) is 14.7. The zero-order chi connectivity index (χ0) is 15.6. The largest absolute Gasteiger partial charge is 0.466 e. The van der Waals surface area contributed by atoms with Gasteiger partial charge in [0.2, 0.25) is 0 Å². The van der Waals surface area contributed by atoms with Crippen LogP contribution in [0.5, 0.6) is 0 Å². The fourth-order valence-electron chi connectivity index (χ4n) is 2.04. The number of allylic oxidation sites excluding steroid dienone is 1. The van der Waals surface area contributed by atoms with Crippen LogP contribution in [0.4, 0.5) is 0 Å². The summed E-state index contributed by atoms with van der Waals surface area (Å²) < 4.78 is 11.1. The predicted octanol–water partition coefficient (Wildman–Crippen LogP) is 4.22. The second-order valence-electron chi connectivity index (χ2n) is 7.04. The van der Waals surface area contributed by atoms with Crippen molar-refractivity contribution in [2.24, 2.45) is 0 Å². The highest BCUT2D eigenvalue weighted by atomic mass is 28.4. The predicted molar refractivity (Wildman–Crippen MR) is 85.2 cm³/mol. The molecule has 0 spiro atoms. The normalized spacial score (nSPS) is 23.0. The van der Waals surface area contributed by atoms with E-state index in [0.29, 0.717) is 0 Å². The number of ether oxygens (including phenoxy) is 1. The van der Waals surface area contributed by atoms with E-state index in [9.17, 15) is 4.79 Å². The summed E-state index contributed by atoms with van der Waals surface area (Å²) in [5.41, 5.74) is 2.01. The van der Waals surface area contributed by atoms with E-state index in [1.807, 2.05) is 0 Å². The van der Waals surface area contributed by atoms with Gasteiger partial charge in [-0.2, -0.15) is 0 Å². The molecule has 1 atom stereocenters. The molecule has 0 saturated heterocycles. The third-order valence-corrected chi connectivity index (χ3v) is 8.97. The van der Waals surface area contributed by atoms with Crippen LogP contribution in [0.25, 0.3) is 0 Å². The highest BCUT2D eigenvalue weighted by Crippen LogP contribution is 2.40. The average Bonchev–Trinajstić information content (AvgIpc) is 2.31. The van der Waals surface area contributed by atoms with Gasteiger partial charge >= 0.3 is 5.97 Å². The van der Waals surface area contributed by atoms with Crippen molar-refractivity contribution in [2.75, 3.05) is 7.11 Å². The second kappa shape index (κ2) is 6.27. The Hall–Kier alpha value is -0.873. The number of rotatable bonds is 3. The quantitative estimate of drug-likeness (QED) is 0.444. The molecular weight excluding hydrogens is 268 g/mol. The van der Waals surface area contributed by atoms with Crippen LogP contribution in [0, 0.1) is 0 Å². The van der Waals surface area contributed by atoms with Crippen molar-refractivity contribution in [1.82, 2.24) is 0 Å². The molecule has 0 N–H and O–H groups in total. The lowest BCUT2D eigenvalue weighted by atomic mass is 9.88. The van der Waals surface area contributed by atoms with Crippen LogP contribution in [0.1, 0.15) is 40.0 Å². The van der Waals surface area contributed by atoms with E-state index in [0.717, 1.165) is 30.4 Å². The smallest absolute Gasteiger partial charge is 0.330 e. The lowest BCUT2D eigenvalue weighted by Gasteiger charge is -2.41. The van der Waals surface area contributed by atoms with Gasteiger partial charge in [-0.25, -0.2) is 4.79 Å². The number of esters is 1. The average molecular weight is 296 g/mol. The van der Waals surface area contributed by atoms with Crippen molar-refractivity contribution in [1.29, 1.82) is 0 Å². The molecule has 0 heterocycles. The Morgan fingerprint density at radius 2 is 2.00 bits per heavy atom. The number of carbonyl (C=O) groups is 1. The second-order valence-corrected chi connectivity index (χ2v) is 11.8. The summed E-state index contributed by atoms with van der Waals surface area (Å²) in [4.78, 5) is 11.4. The molecule has 1 aliphatic carbocycles. The van der Waals surface area contributed by atoms with Gasteiger partial charge in [-0.3, -0.25) is 0 Å². The van der Waals surface area contributed by atoms with E-state index in [2.05, 4.69) is 40.4 Å². The van der Waals surface area contributed by atoms with E-state index in [-0.39, 0.29) is 17.1 Å². The molecule has 0 aromatic rings. The first kappa shape index (κ1) is 17.2. The monoisotopic (exact) mass is 296 g/mol. The standard InChI is InChI=1S/C16H28O3Si/c1-12-8-9-14(10-13(12)11-15(17)18-5)19-20(6,7)16(2,3)4/h11,14H,1,8-10H2,2-7H3/b13-11+. The molecule has 20 heavy (non-hydrogen) atoms. The van der Waals surface area contributed by atoms with E-state index in [1.54, 1.807) is 6.08 Å². The fraction of sp³-hybridized carbons (Fsp3) is 0.688. The SMILES string of the molecule is C=C1CCC(O[Si](C)(C)C(C)(C)C)C/C1=C\C(=O)OC. The van der Waals surface area contributed by atoms with Gasteiger partial charge in [0, 0.05) is 12.2 Å².